The molecule has 0 bridgehead atoms. The Balaban J connectivity index is 2.20. The summed E-state index contributed by atoms with van der Waals surface area (Å²) in [6, 6.07) is -0.0522. The van der Waals surface area contributed by atoms with Crippen molar-refractivity contribution in [3.63, 3.8) is 0 Å². The van der Waals surface area contributed by atoms with Crippen LogP contribution in [0.25, 0.3) is 0 Å². The van der Waals surface area contributed by atoms with Crippen LogP contribution in [0, 0.1) is 0 Å². The average molecular weight is 223 g/mol. The molecule has 0 amide bonds. The molecule has 90 valence electrons. The van der Waals surface area contributed by atoms with Crippen LogP contribution in [0.1, 0.15) is 44.2 Å². The van der Waals surface area contributed by atoms with Crippen molar-refractivity contribution >= 4 is 0 Å². The molecular weight excluding hydrogens is 202 g/mol. The molecule has 2 N–H and O–H groups in total. The van der Waals surface area contributed by atoms with Crippen molar-refractivity contribution in [2.75, 3.05) is 6.61 Å². The van der Waals surface area contributed by atoms with Crippen molar-refractivity contribution in [3.8, 4) is 0 Å². The number of hydrogen-bond acceptors (Lipinski definition) is 3. The molecule has 1 heterocycles. The van der Waals surface area contributed by atoms with Gasteiger partial charge in [-0.3, -0.25) is 4.68 Å². The van der Waals surface area contributed by atoms with E-state index in [1.807, 2.05) is 26.4 Å². The quantitative estimate of drug-likeness (QED) is 0.846. The summed E-state index contributed by atoms with van der Waals surface area (Å²) in [4.78, 5) is 0. The Morgan fingerprint density at radius 2 is 2.25 bits per heavy atom. The Bertz CT molecular complexity index is 342. The first-order chi connectivity index (χ1) is 7.68. The number of ether oxygens (including phenoxy) is 1. The van der Waals surface area contributed by atoms with Gasteiger partial charge in [0.1, 0.15) is 0 Å². The molecule has 0 aromatic carbocycles. The third-order valence-electron chi connectivity index (χ3n) is 3.53. The van der Waals surface area contributed by atoms with E-state index in [9.17, 15) is 0 Å². The minimum absolute atomic E-state index is 0.0522. The van der Waals surface area contributed by atoms with Crippen molar-refractivity contribution in [1.82, 2.24) is 9.78 Å². The predicted molar refractivity (Wildman–Crippen MR) is 63.0 cm³/mol. The van der Waals surface area contributed by atoms with Crippen molar-refractivity contribution in [1.29, 1.82) is 0 Å². The maximum Gasteiger partial charge on any atom is 0.0875 e. The molecule has 1 aliphatic carbocycles. The summed E-state index contributed by atoms with van der Waals surface area (Å²) in [5, 5.41) is 4.18. The normalized spacial score (nSPS) is 21.2. The zero-order valence-electron chi connectivity index (χ0n) is 10.1. The summed E-state index contributed by atoms with van der Waals surface area (Å²) < 4.78 is 7.75. The molecule has 16 heavy (non-hydrogen) atoms. The zero-order valence-corrected chi connectivity index (χ0v) is 10.1. The number of rotatable bonds is 4. The van der Waals surface area contributed by atoms with Crippen LogP contribution in [0.5, 0.6) is 0 Å². The maximum absolute atomic E-state index is 6.36. The fourth-order valence-corrected chi connectivity index (χ4v) is 2.71. The van der Waals surface area contributed by atoms with Gasteiger partial charge in [0.25, 0.3) is 0 Å². The van der Waals surface area contributed by atoms with Crippen LogP contribution >= 0.6 is 0 Å². The van der Waals surface area contributed by atoms with Gasteiger partial charge < -0.3 is 10.5 Å². The molecule has 1 aromatic heterocycles. The lowest BCUT2D eigenvalue weighted by Crippen LogP contribution is -2.41. The molecule has 2 rings (SSSR count). The molecule has 1 unspecified atom stereocenters. The van der Waals surface area contributed by atoms with E-state index >= 15 is 0 Å². The molecule has 1 atom stereocenters. The molecule has 0 saturated heterocycles. The topological polar surface area (TPSA) is 53.1 Å². The van der Waals surface area contributed by atoms with E-state index in [1.54, 1.807) is 4.68 Å². The maximum atomic E-state index is 6.36. The lowest BCUT2D eigenvalue weighted by molar-refractivity contribution is -0.0536. The molecule has 4 nitrogen and oxygen atoms in total. The Morgan fingerprint density at radius 3 is 2.75 bits per heavy atom. The van der Waals surface area contributed by atoms with Crippen molar-refractivity contribution in [2.24, 2.45) is 12.8 Å². The first kappa shape index (κ1) is 11.6. The molecule has 1 saturated carbocycles. The summed E-state index contributed by atoms with van der Waals surface area (Å²) in [5.74, 6) is 0. The fourth-order valence-electron chi connectivity index (χ4n) is 2.71. The highest BCUT2D eigenvalue weighted by Gasteiger charge is 2.41. The summed E-state index contributed by atoms with van der Waals surface area (Å²) in [6.07, 6.45) is 8.41. The lowest BCUT2D eigenvalue weighted by Gasteiger charge is -2.34. The molecule has 1 aromatic rings. The number of aryl methyl sites for hydroxylation is 1. The molecule has 1 aliphatic rings. The van der Waals surface area contributed by atoms with Crippen LogP contribution in [-0.2, 0) is 11.8 Å². The Hall–Kier alpha value is -0.870. The van der Waals surface area contributed by atoms with Crippen LogP contribution in [0.2, 0.25) is 0 Å². The molecule has 0 spiro atoms. The standard InChI is InChI=1S/C12H21N3O/c1-3-16-12(6-4-5-7-12)11(13)10-8-14-15(2)9-10/h8-9,11H,3-7,13H2,1-2H3. The summed E-state index contributed by atoms with van der Waals surface area (Å²) in [5.41, 5.74) is 7.28. The van der Waals surface area contributed by atoms with E-state index < -0.39 is 0 Å². The van der Waals surface area contributed by atoms with Crippen LogP contribution < -0.4 is 5.73 Å². The molecular formula is C12H21N3O. The van der Waals surface area contributed by atoms with Crippen molar-refractivity contribution in [2.45, 2.75) is 44.2 Å². The second-order valence-corrected chi connectivity index (χ2v) is 4.63. The highest BCUT2D eigenvalue weighted by molar-refractivity contribution is 5.16. The Kier molecular flexibility index (Phi) is 3.30. The van der Waals surface area contributed by atoms with Gasteiger partial charge in [-0.15, -0.1) is 0 Å². The number of nitrogens with two attached hydrogens (primary N) is 1. The monoisotopic (exact) mass is 223 g/mol. The minimum atomic E-state index is -0.155. The fraction of sp³-hybridized carbons (Fsp3) is 0.750. The first-order valence-electron chi connectivity index (χ1n) is 6.06. The molecule has 1 fully saturated rings. The molecule has 0 aliphatic heterocycles. The zero-order chi connectivity index (χ0) is 11.6. The van der Waals surface area contributed by atoms with Gasteiger partial charge in [-0.1, -0.05) is 12.8 Å². The second-order valence-electron chi connectivity index (χ2n) is 4.63. The lowest BCUT2D eigenvalue weighted by atomic mass is 9.89. The van der Waals surface area contributed by atoms with E-state index in [2.05, 4.69) is 5.10 Å². The van der Waals surface area contributed by atoms with Crippen LogP contribution in [0.4, 0.5) is 0 Å². The Labute approximate surface area is 96.8 Å². The number of hydrogen-bond donors (Lipinski definition) is 1. The van der Waals surface area contributed by atoms with Gasteiger partial charge >= 0.3 is 0 Å². The summed E-state index contributed by atoms with van der Waals surface area (Å²) >= 11 is 0. The number of nitrogens with zero attached hydrogens (tertiary/aromatic N) is 2. The summed E-state index contributed by atoms with van der Waals surface area (Å²) in [7, 11) is 1.91. The second kappa shape index (κ2) is 4.55. The average Bonchev–Trinajstić information content (AvgIpc) is 2.87. The third-order valence-corrected chi connectivity index (χ3v) is 3.53. The molecule has 4 heteroatoms. The van der Waals surface area contributed by atoms with Crippen molar-refractivity contribution in [3.05, 3.63) is 18.0 Å². The van der Waals surface area contributed by atoms with Crippen LogP contribution in [0.15, 0.2) is 12.4 Å². The highest BCUT2D eigenvalue weighted by Crippen LogP contribution is 2.41. The SMILES string of the molecule is CCOC1(C(N)c2cnn(C)c2)CCCC1. The molecule has 0 radical (unpaired) electrons. The number of aromatic nitrogens is 2. The van der Waals surface area contributed by atoms with Crippen molar-refractivity contribution < 1.29 is 4.74 Å². The van der Waals surface area contributed by atoms with Crippen LogP contribution in [-0.4, -0.2) is 22.0 Å². The van der Waals surface area contributed by atoms with E-state index in [1.165, 1.54) is 12.8 Å². The third kappa shape index (κ3) is 1.99. The highest BCUT2D eigenvalue weighted by atomic mass is 16.5. The largest absolute Gasteiger partial charge is 0.373 e. The minimum Gasteiger partial charge on any atom is -0.373 e. The van der Waals surface area contributed by atoms with Gasteiger partial charge in [0, 0.05) is 25.4 Å². The van der Waals surface area contributed by atoms with E-state index in [0.29, 0.717) is 0 Å². The van der Waals surface area contributed by atoms with E-state index in [-0.39, 0.29) is 11.6 Å². The van der Waals surface area contributed by atoms with Gasteiger partial charge in [0.2, 0.25) is 0 Å². The van der Waals surface area contributed by atoms with Gasteiger partial charge in [0.05, 0.1) is 17.8 Å². The van der Waals surface area contributed by atoms with Crippen LogP contribution in [0.3, 0.4) is 0 Å². The van der Waals surface area contributed by atoms with E-state index in [0.717, 1.165) is 25.0 Å². The summed E-state index contributed by atoms with van der Waals surface area (Å²) in [6.45, 7) is 2.77. The smallest absolute Gasteiger partial charge is 0.0875 e. The first-order valence-corrected chi connectivity index (χ1v) is 6.06. The van der Waals surface area contributed by atoms with Gasteiger partial charge in [-0.05, 0) is 19.8 Å². The predicted octanol–water partition coefficient (Wildman–Crippen LogP) is 1.77. The van der Waals surface area contributed by atoms with Gasteiger partial charge in [0.15, 0.2) is 0 Å². The Morgan fingerprint density at radius 1 is 1.56 bits per heavy atom. The van der Waals surface area contributed by atoms with Gasteiger partial charge in [-0.2, -0.15) is 5.10 Å². The van der Waals surface area contributed by atoms with E-state index in [4.69, 9.17) is 10.5 Å². The van der Waals surface area contributed by atoms with Gasteiger partial charge in [-0.25, -0.2) is 0 Å².